The summed E-state index contributed by atoms with van der Waals surface area (Å²) in [5.74, 6) is -1.51. The van der Waals surface area contributed by atoms with E-state index in [4.69, 9.17) is 14.2 Å². The summed E-state index contributed by atoms with van der Waals surface area (Å²) in [6.07, 6.45) is 1.02. The van der Waals surface area contributed by atoms with Gasteiger partial charge >= 0.3 is 5.97 Å². The van der Waals surface area contributed by atoms with Crippen LogP contribution in [0, 0.1) is 5.92 Å². The molecule has 0 radical (unpaired) electrons. The molecule has 2 saturated carbocycles. The number of methoxy groups -OCH3 is 1. The fraction of sp³-hybridized carbons (Fsp3) is 0.545. The van der Waals surface area contributed by atoms with Crippen molar-refractivity contribution < 1.29 is 33.4 Å². The highest BCUT2D eigenvalue weighted by Gasteiger charge is 2.81. The van der Waals surface area contributed by atoms with Gasteiger partial charge in [0.25, 0.3) is 5.91 Å². The van der Waals surface area contributed by atoms with Crippen molar-refractivity contribution in [2.45, 2.75) is 55.3 Å². The quantitative estimate of drug-likeness (QED) is 0.534. The highest BCUT2D eigenvalue weighted by molar-refractivity contribution is 6.42. The maximum atomic E-state index is 13.8. The van der Waals surface area contributed by atoms with E-state index in [-0.39, 0.29) is 30.5 Å². The van der Waals surface area contributed by atoms with Gasteiger partial charge in [-0.1, -0.05) is 6.07 Å². The van der Waals surface area contributed by atoms with Crippen LogP contribution in [0.3, 0.4) is 0 Å². The zero-order chi connectivity index (χ0) is 21.0. The van der Waals surface area contributed by atoms with Crippen molar-refractivity contribution in [3.63, 3.8) is 0 Å². The molecule has 0 N–H and O–H groups in total. The van der Waals surface area contributed by atoms with Gasteiger partial charge in [0.2, 0.25) is 5.78 Å². The van der Waals surface area contributed by atoms with Crippen LogP contribution in [0.2, 0.25) is 0 Å². The molecule has 1 saturated heterocycles. The molecule has 2 aliphatic heterocycles. The van der Waals surface area contributed by atoms with Crippen molar-refractivity contribution in [3.8, 4) is 11.5 Å². The minimum atomic E-state index is -1.65. The maximum Gasteiger partial charge on any atom is 0.309 e. The molecule has 1 amide bonds. The summed E-state index contributed by atoms with van der Waals surface area (Å²) in [5, 5.41) is 0. The molecule has 8 heteroatoms. The summed E-state index contributed by atoms with van der Waals surface area (Å²) in [6.45, 7) is 0. The first kappa shape index (κ1) is 17.9. The number of likely N-dealkylation sites (tertiary alicyclic amines) is 1. The summed E-state index contributed by atoms with van der Waals surface area (Å²) in [5.41, 5.74) is -1.67. The first-order valence-corrected chi connectivity index (χ1v) is 10.3. The molecular formula is C22H21NO7. The highest BCUT2D eigenvalue weighted by Crippen LogP contribution is 2.65. The number of ketones is 2. The van der Waals surface area contributed by atoms with Crippen LogP contribution in [0.15, 0.2) is 12.1 Å². The van der Waals surface area contributed by atoms with Crippen LogP contribution in [0.4, 0.5) is 0 Å². The van der Waals surface area contributed by atoms with E-state index < -0.39 is 34.9 Å². The molecule has 30 heavy (non-hydrogen) atoms. The summed E-state index contributed by atoms with van der Waals surface area (Å²) >= 11 is 0. The third-order valence-electron chi connectivity index (χ3n) is 7.64. The van der Waals surface area contributed by atoms with E-state index in [1.54, 1.807) is 13.1 Å². The number of hydrogen-bond donors (Lipinski definition) is 0. The van der Waals surface area contributed by atoms with Gasteiger partial charge in [0.1, 0.15) is 0 Å². The Morgan fingerprint density at radius 1 is 1.23 bits per heavy atom. The van der Waals surface area contributed by atoms with E-state index in [0.717, 1.165) is 18.4 Å². The van der Waals surface area contributed by atoms with Crippen LogP contribution in [0.25, 0.3) is 0 Å². The largest absolute Gasteiger partial charge is 0.493 e. The van der Waals surface area contributed by atoms with Gasteiger partial charge in [-0.15, -0.1) is 0 Å². The van der Waals surface area contributed by atoms with Gasteiger partial charge in [0.05, 0.1) is 19.1 Å². The molecule has 3 aliphatic carbocycles. The third kappa shape index (κ3) is 1.76. The molecule has 3 fully saturated rings. The number of ether oxygens (including phenoxy) is 3. The predicted molar refractivity (Wildman–Crippen MR) is 100 cm³/mol. The second-order valence-electron chi connectivity index (χ2n) is 8.95. The van der Waals surface area contributed by atoms with Gasteiger partial charge in [0.15, 0.2) is 34.4 Å². The van der Waals surface area contributed by atoms with Gasteiger partial charge in [-0.25, -0.2) is 0 Å². The lowest BCUT2D eigenvalue weighted by molar-refractivity contribution is -0.213. The Bertz CT molecular complexity index is 1060. The second kappa shape index (κ2) is 5.42. The molecule has 1 aromatic carbocycles. The SMILES string of the molecule is COc1ccc2c3c1O[C@H]1C(=O)CC[C@@]4(OC(=O)C5CC5)[C@@H](C2)N(C)C(=O)C(=O)[C@]314. The Kier molecular flexibility index (Phi) is 3.23. The summed E-state index contributed by atoms with van der Waals surface area (Å²) in [4.78, 5) is 54.1. The maximum absolute atomic E-state index is 13.8. The van der Waals surface area contributed by atoms with Crippen LogP contribution in [-0.4, -0.2) is 60.2 Å². The average Bonchev–Trinajstić information content (AvgIpc) is 3.52. The lowest BCUT2D eigenvalue weighted by Gasteiger charge is -2.61. The number of likely N-dealkylation sites (N-methyl/N-ethyl adjacent to an activating group) is 1. The van der Waals surface area contributed by atoms with Crippen molar-refractivity contribution in [1.82, 2.24) is 4.90 Å². The van der Waals surface area contributed by atoms with Crippen molar-refractivity contribution in [2.75, 3.05) is 14.2 Å². The van der Waals surface area contributed by atoms with Crippen LogP contribution < -0.4 is 9.47 Å². The Labute approximate surface area is 172 Å². The van der Waals surface area contributed by atoms with E-state index in [9.17, 15) is 19.2 Å². The van der Waals surface area contributed by atoms with Crippen molar-refractivity contribution in [2.24, 2.45) is 5.92 Å². The summed E-state index contributed by atoms with van der Waals surface area (Å²) in [6, 6.07) is 3.05. The fourth-order valence-corrected chi connectivity index (χ4v) is 6.13. The lowest BCUT2D eigenvalue weighted by atomic mass is 9.48. The topological polar surface area (TPSA) is 99.2 Å². The normalized spacial score (nSPS) is 35.7. The number of nitrogens with zero attached hydrogens (tertiary/aromatic N) is 1. The van der Waals surface area contributed by atoms with Crippen LogP contribution in [0.5, 0.6) is 11.5 Å². The molecule has 4 atom stereocenters. The predicted octanol–water partition coefficient (Wildman–Crippen LogP) is 0.715. The zero-order valence-corrected chi connectivity index (χ0v) is 16.7. The molecule has 8 nitrogen and oxygen atoms in total. The number of esters is 1. The highest BCUT2D eigenvalue weighted by atomic mass is 16.6. The Hall–Kier alpha value is -2.90. The minimum absolute atomic E-state index is 0.113. The average molecular weight is 411 g/mol. The fourth-order valence-electron chi connectivity index (χ4n) is 6.13. The molecule has 2 bridgehead atoms. The standard InChI is InChI=1S/C22H21NO7/c1-23-14-9-11-5-6-13(28-2)16-15(11)22(17(25)19(23)26)18(29-16)12(24)7-8-21(14,22)30-20(27)10-3-4-10/h5-6,10,14,18H,3-4,7-9H2,1-2H3/t14-,18+,21-,22-/m1/s1. The molecule has 156 valence electrons. The molecule has 2 heterocycles. The van der Waals surface area contributed by atoms with E-state index in [1.165, 1.54) is 12.0 Å². The molecule has 0 aromatic heterocycles. The van der Waals surface area contributed by atoms with Crippen LogP contribution in [-0.2, 0) is 35.8 Å². The minimum Gasteiger partial charge on any atom is -0.493 e. The number of hydrogen-bond acceptors (Lipinski definition) is 7. The number of carbonyl (C=O) groups is 4. The van der Waals surface area contributed by atoms with Gasteiger partial charge < -0.3 is 19.1 Å². The lowest BCUT2D eigenvalue weighted by Crippen LogP contribution is -2.82. The Morgan fingerprint density at radius 2 is 2.00 bits per heavy atom. The summed E-state index contributed by atoms with van der Waals surface area (Å²) < 4.78 is 17.7. The first-order chi connectivity index (χ1) is 14.4. The van der Waals surface area contributed by atoms with Crippen molar-refractivity contribution >= 4 is 23.4 Å². The molecule has 6 rings (SSSR count). The van der Waals surface area contributed by atoms with E-state index in [2.05, 4.69) is 0 Å². The number of piperidine rings is 1. The number of carbonyl (C=O) groups excluding carboxylic acids is 4. The van der Waals surface area contributed by atoms with Gasteiger partial charge in [-0.2, -0.15) is 0 Å². The van der Waals surface area contributed by atoms with E-state index >= 15 is 0 Å². The van der Waals surface area contributed by atoms with Crippen molar-refractivity contribution in [3.05, 3.63) is 23.3 Å². The molecule has 0 unspecified atom stereocenters. The second-order valence-corrected chi connectivity index (χ2v) is 8.95. The molecule has 5 aliphatic rings. The Balaban J connectivity index is 1.69. The molecular weight excluding hydrogens is 390 g/mol. The number of benzene rings is 1. The van der Waals surface area contributed by atoms with E-state index in [1.807, 2.05) is 6.07 Å². The first-order valence-electron chi connectivity index (χ1n) is 10.3. The van der Waals surface area contributed by atoms with Gasteiger partial charge in [0, 0.05) is 19.0 Å². The third-order valence-corrected chi connectivity index (χ3v) is 7.64. The smallest absolute Gasteiger partial charge is 0.309 e. The Morgan fingerprint density at radius 3 is 2.70 bits per heavy atom. The van der Waals surface area contributed by atoms with Gasteiger partial charge in [-0.05, 0) is 37.3 Å². The molecule has 1 aromatic rings. The summed E-state index contributed by atoms with van der Waals surface area (Å²) in [7, 11) is 3.05. The number of Topliss-reactive ketones (excluding diaryl/α,β-unsaturated/α-hetero) is 2. The monoisotopic (exact) mass is 411 g/mol. The number of rotatable bonds is 3. The zero-order valence-electron chi connectivity index (χ0n) is 16.7. The van der Waals surface area contributed by atoms with Crippen LogP contribution in [0.1, 0.15) is 36.8 Å². The van der Waals surface area contributed by atoms with Crippen molar-refractivity contribution in [1.29, 1.82) is 0 Å². The molecule has 1 spiro atoms. The van der Waals surface area contributed by atoms with E-state index in [0.29, 0.717) is 23.5 Å². The van der Waals surface area contributed by atoms with Crippen LogP contribution >= 0.6 is 0 Å². The van der Waals surface area contributed by atoms with Gasteiger partial charge in [-0.3, -0.25) is 19.2 Å². The number of amides is 1.